The van der Waals surface area contributed by atoms with Gasteiger partial charge in [0.1, 0.15) is 5.82 Å². The number of amides is 2. The average Bonchev–Trinajstić information content (AvgIpc) is 3.09. The molecule has 0 saturated carbocycles. The van der Waals surface area contributed by atoms with Gasteiger partial charge in [0.05, 0.1) is 24.7 Å². The summed E-state index contributed by atoms with van der Waals surface area (Å²) in [7, 11) is 1.44. The fraction of sp³-hybridized carbons (Fsp3) is 0.105. The van der Waals surface area contributed by atoms with E-state index in [9.17, 15) is 14.0 Å². The number of anilines is 2. The number of methoxy groups -OCH3 is 1. The monoisotopic (exact) mass is 368 g/mol. The van der Waals surface area contributed by atoms with E-state index in [2.05, 4.69) is 15.7 Å². The first-order valence-corrected chi connectivity index (χ1v) is 8.05. The molecule has 3 rings (SSSR count). The second-order valence-electron chi connectivity index (χ2n) is 5.66. The van der Waals surface area contributed by atoms with Gasteiger partial charge in [0.15, 0.2) is 11.4 Å². The van der Waals surface area contributed by atoms with Crippen LogP contribution in [0.5, 0.6) is 5.75 Å². The van der Waals surface area contributed by atoms with Crippen LogP contribution in [0.1, 0.15) is 17.4 Å². The fourth-order valence-corrected chi connectivity index (χ4v) is 2.46. The molecule has 8 heteroatoms. The molecule has 1 aromatic heterocycles. The number of aromatic nitrogens is 2. The molecule has 2 amide bonds. The van der Waals surface area contributed by atoms with Gasteiger partial charge in [-0.1, -0.05) is 18.2 Å². The van der Waals surface area contributed by atoms with Gasteiger partial charge in [-0.2, -0.15) is 5.10 Å². The predicted octanol–water partition coefficient (Wildman–Crippen LogP) is 3.23. The van der Waals surface area contributed by atoms with Gasteiger partial charge in [-0.15, -0.1) is 0 Å². The number of para-hydroxylation sites is 1. The Morgan fingerprint density at radius 3 is 2.52 bits per heavy atom. The normalized spacial score (nSPS) is 10.3. The molecule has 7 nitrogen and oxygen atoms in total. The minimum absolute atomic E-state index is 0.0259. The summed E-state index contributed by atoms with van der Waals surface area (Å²) in [6.07, 6.45) is 1.59. The predicted molar refractivity (Wildman–Crippen MR) is 98.8 cm³/mol. The van der Waals surface area contributed by atoms with Crippen LogP contribution in [0.25, 0.3) is 5.69 Å². The van der Waals surface area contributed by atoms with Crippen LogP contribution in [0, 0.1) is 5.82 Å². The molecule has 0 aliphatic rings. The minimum Gasteiger partial charge on any atom is -0.493 e. The van der Waals surface area contributed by atoms with Gasteiger partial charge in [-0.05, 0) is 30.3 Å². The highest BCUT2D eigenvalue weighted by Crippen LogP contribution is 2.23. The van der Waals surface area contributed by atoms with Gasteiger partial charge < -0.3 is 15.4 Å². The van der Waals surface area contributed by atoms with Crippen LogP contribution in [0.3, 0.4) is 0 Å². The lowest BCUT2D eigenvalue weighted by Gasteiger charge is -2.08. The maximum Gasteiger partial charge on any atom is 0.280 e. The molecule has 0 bridgehead atoms. The summed E-state index contributed by atoms with van der Waals surface area (Å²) >= 11 is 0. The number of benzene rings is 2. The lowest BCUT2D eigenvalue weighted by atomic mass is 10.2. The van der Waals surface area contributed by atoms with Gasteiger partial charge in [0.25, 0.3) is 5.91 Å². The van der Waals surface area contributed by atoms with Gasteiger partial charge in [0.2, 0.25) is 5.91 Å². The Balaban J connectivity index is 1.86. The first-order valence-electron chi connectivity index (χ1n) is 8.05. The van der Waals surface area contributed by atoms with Crippen molar-refractivity contribution in [1.82, 2.24) is 9.78 Å². The van der Waals surface area contributed by atoms with Gasteiger partial charge in [0, 0.05) is 12.6 Å². The third kappa shape index (κ3) is 4.12. The molecule has 0 aliphatic heterocycles. The maximum absolute atomic E-state index is 13.7. The Morgan fingerprint density at radius 2 is 1.85 bits per heavy atom. The first-order chi connectivity index (χ1) is 13.0. The minimum atomic E-state index is -0.603. The van der Waals surface area contributed by atoms with E-state index in [-0.39, 0.29) is 11.4 Å². The summed E-state index contributed by atoms with van der Waals surface area (Å²) in [6.45, 7) is 1.27. The van der Waals surface area contributed by atoms with Crippen LogP contribution in [0.4, 0.5) is 15.8 Å². The molecular weight excluding hydrogens is 351 g/mol. The van der Waals surface area contributed by atoms with Crippen molar-refractivity contribution in [3.05, 3.63) is 66.2 Å². The molecule has 0 saturated heterocycles. The largest absolute Gasteiger partial charge is 0.493 e. The number of rotatable bonds is 5. The molecule has 0 aliphatic carbocycles. The highest BCUT2D eigenvalue weighted by atomic mass is 19.1. The van der Waals surface area contributed by atoms with Crippen molar-refractivity contribution in [2.24, 2.45) is 0 Å². The summed E-state index contributed by atoms with van der Waals surface area (Å²) in [4.78, 5) is 23.8. The molecule has 27 heavy (non-hydrogen) atoms. The number of hydrogen-bond acceptors (Lipinski definition) is 4. The Bertz CT molecular complexity index is 986. The Labute approximate surface area is 154 Å². The summed E-state index contributed by atoms with van der Waals surface area (Å²) in [5.41, 5.74) is 1.12. The van der Waals surface area contributed by atoms with E-state index >= 15 is 0 Å². The SMILES string of the molecule is COc1cn(-c2ccccc2)nc1C(=O)Nc1ccc(F)c(NC(C)=O)c1. The van der Waals surface area contributed by atoms with Crippen LogP contribution < -0.4 is 15.4 Å². The zero-order valence-electron chi connectivity index (χ0n) is 14.7. The highest BCUT2D eigenvalue weighted by molar-refractivity contribution is 6.05. The number of carbonyl (C=O) groups excluding carboxylic acids is 2. The Morgan fingerprint density at radius 1 is 1.11 bits per heavy atom. The standard InChI is InChI=1S/C19H17FN4O3/c1-12(25)21-16-10-13(8-9-15(16)20)22-19(26)18-17(27-2)11-24(23-18)14-6-4-3-5-7-14/h3-11H,1-2H3,(H,21,25)(H,22,26). The van der Waals surface area contributed by atoms with E-state index in [1.807, 2.05) is 30.3 Å². The van der Waals surface area contributed by atoms with Crippen LogP contribution >= 0.6 is 0 Å². The van der Waals surface area contributed by atoms with Crippen LogP contribution in [0.15, 0.2) is 54.7 Å². The average molecular weight is 368 g/mol. The summed E-state index contributed by atoms with van der Waals surface area (Å²) in [5, 5.41) is 9.26. The second-order valence-corrected chi connectivity index (χ2v) is 5.66. The van der Waals surface area contributed by atoms with E-state index in [4.69, 9.17) is 4.74 Å². The van der Waals surface area contributed by atoms with Crippen LogP contribution in [0.2, 0.25) is 0 Å². The molecule has 2 aromatic carbocycles. The van der Waals surface area contributed by atoms with Crippen LogP contribution in [-0.4, -0.2) is 28.7 Å². The van der Waals surface area contributed by atoms with Gasteiger partial charge in [-0.3, -0.25) is 9.59 Å². The van der Waals surface area contributed by atoms with Crippen molar-refractivity contribution in [3.63, 3.8) is 0 Å². The van der Waals surface area contributed by atoms with Crippen LogP contribution in [-0.2, 0) is 4.79 Å². The van der Waals surface area contributed by atoms with Crippen molar-refractivity contribution in [2.45, 2.75) is 6.92 Å². The van der Waals surface area contributed by atoms with E-state index in [1.54, 1.807) is 6.20 Å². The molecule has 0 unspecified atom stereocenters. The lowest BCUT2D eigenvalue weighted by molar-refractivity contribution is -0.114. The smallest absolute Gasteiger partial charge is 0.280 e. The van der Waals surface area contributed by atoms with Crippen molar-refractivity contribution in [3.8, 4) is 11.4 Å². The quantitative estimate of drug-likeness (QED) is 0.724. The molecule has 0 atom stereocenters. The molecular formula is C19H17FN4O3. The number of ether oxygens (including phenoxy) is 1. The molecule has 138 valence electrons. The summed E-state index contributed by atoms with van der Waals surface area (Å²) in [6, 6.07) is 13.1. The number of halogens is 1. The van der Waals surface area contributed by atoms with Gasteiger partial charge in [-0.25, -0.2) is 9.07 Å². The van der Waals surface area contributed by atoms with Crippen molar-refractivity contribution in [1.29, 1.82) is 0 Å². The number of carbonyl (C=O) groups is 2. The summed E-state index contributed by atoms with van der Waals surface area (Å²) in [5.74, 6) is -1.25. The number of nitrogens with one attached hydrogen (secondary N) is 2. The zero-order chi connectivity index (χ0) is 19.4. The first kappa shape index (κ1) is 18.1. The van der Waals surface area contributed by atoms with Crippen molar-refractivity contribution in [2.75, 3.05) is 17.7 Å². The third-order valence-electron chi connectivity index (χ3n) is 3.67. The number of nitrogens with zero attached hydrogens (tertiary/aromatic N) is 2. The van der Waals surface area contributed by atoms with E-state index in [1.165, 1.54) is 30.8 Å². The zero-order valence-corrected chi connectivity index (χ0v) is 14.7. The molecule has 3 aromatic rings. The summed E-state index contributed by atoms with van der Waals surface area (Å²) < 4.78 is 20.5. The van der Waals surface area contributed by atoms with E-state index < -0.39 is 17.6 Å². The molecule has 2 N–H and O–H groups in total. The van der Waals surface area contributed by atoms with E-state index in [0.717, 1.165) is 11.8 Å². The van der Waals surface area contributed by atoms with Crippen molar-refractivity contribution >= 4 is 23.2 Å². The lowest BCUT2D eigenvalue weighted by Crippen LogP contribution is -2.15. The fourth-order valence-electron chi connectivity index (χ4n) is 2.46. The molecule has 0 radical (unpaired) electrons. The second kappa shape index (κ2) is 7.69. The van der Waals surface area contributed by atoms with Crippen molar-refractivity contribution < 1.29 is 18.7 Å². The Kier molecular flexibility index (Phi) is 5.16. The highest BCUT2D eigenvalue weighted by Gasteiger charge is 2.19. The molecule has 0 fully saturated rings. The third-order valence-corrected chi connectivity index (χ3v) is 3.67. The van der Waals surface area contributed by atoms with E-state index in [0.29, 0.717) is 11.4 Å². The topological polar surface area (TPSA) is 85.2 Å². The van der Waals surface area contributed by atoms with Gasteiger partial charge >= 0.3 is 0 Å². The molecule has 1 heterocycles. The molecule has 0 spiro atoms. The Hall–Kier alpha value is -3.68. The maximum atomic E-state index is 13.7. The number of hydrogen-bond donors (Lipinski definition) is 2.